The van der Waals surface area contributed by atoms with Gasteiger partial charge in [0.05, 0.1) is 5.92 Å². The number of aliphatic hydroxyl groups excluding tert-OH is 1. The van der Waals surface area contributed by atoms with E-state index in [2.05, 4.69) is 18.7 Å². The Morgan fingerprint density at radius 1 is 0.483 bits per heavy atom. The van der Waals surface area contributed by atoms with Gasteiger partial charge in [-0.15, -0.1) is 0 Å². The Labute approximate surface area is 364 Å². The van der Waals surface area contributed by atoms with Crippen molar-refractivity contribution in [2.24, 2.45) is 11.8 Å². The van der Waals surface area contributed by atoms with Crippen LogP contribution in [0, 0.1) is 11.8 Å². The van der Waals surface area contributed by atoms with E-state index in [1.165, 1.54) is 51.4 Å². The van der Waals surface area contributed by atoms with E-state index in [9.17, 15) is 29.1 Å². The molecule has 1 heterocycles. The summed E-state index contributed by atoms with van der Waals surface area (Å²) >= 11 is 0. The standard InChI is InChI=1S/C48H87NO11/c1-5-9-11-13-15-18-26-42(7-3)59-47(54)31-23-21-29-45(52)57-38-41(37-56-44(51)28-20-17-25-33-49-34-40(35-49)36-50)39-58-46(53)30-22-24-32-48(55)60-43(8-4)27-19-16-14-12-10-6-2/h40-43,50H,5-39H2,1-4H3. The molecule has 12 nitrogen and oxygen atoms in total. The molecule has 0 saturated carbocycles. The molecule has 0 aliphatic carbocycles. The summed E-state index contributed by atoms with van der Waals surface area (Å²) in [6.45, 7) is 11.3. The summed E-state index contributed by atoms with van der Waals surface area (Å²) in [7, 11) is 0. The SMILES string of the molecule is CCCCCCCCC(CC)OC(=O)CCCCC(=O)OCC(COC(=O)CCCCCN1CC(CO)C1)COC(=O)CCCCC(=O)OC(CC)CCCCCCCC. The molecule has 1 saturated heterocycles. The van der Waals surface area contributed by atoms with Crippen molar-refractivity contribution in [3.63, 3.8) is 0 Å². The Balaban J connectivity index is 2.44. The summed E-state index contributed by atoms with van der Waals surface area (Å²) < 4.78 is 27.9. The molecule has 0 aromatic carbocycles. The lowest BCUT2D eigenvalue weighted by atomic mass is 10.0. The van der Waals surface area contributed by atoms with Gasteiger partial charge in [0, 0.05) is 57.7 Å². The molecule has 0 aromatic heterocycles. The molecule has 0 amide bonds. The van der Waals surface area contributed by atoms with E-state index < -0.39 is 17.9 Å². The van der Waals surface area contributed by atoms with E-state index in [1.54, 1.807) is 0 Å². The highest BCUT2D eigenvalue weighted by Gasteiger charge is 2.25. The molecule has 0 aromatic rings. The number of likely N-dealkylation sites (tertiary alicyclic amines) is 1. The van der Waals surface area contributed by atoms with Crippen molar-refractivity contribution >= 4 is 29.8 Å². The Morgan fingerprint density at radius 2 is 0.833 bits per heavy atom. The van der Waals surface area contributed by atoms with Gasteiger partial charge in [0.1, 0.15) is 32.0 Å². The van der Waals surface area contributed by atoms with Gasteiger partial charge >= 0.3 is 29.8 Å². The van der Waals surface area contributed by atoms with Crippen molar-refractivity contribution < 1.29 is 52.8 Å². The minimum absolute atomic E-state index is 0.0535. The lowest BCUT2D eigenvalue weighted by Crippen LogP contribution is -2.48. The number of carbonyl (C=O) groups is 5. The number of ether oxygens (including phenoxy) is 5. The molecule has 1 aliphatic rings. The number of unbranched alkanes of at least 4 members (excludes halogenated alkanes) is 14. The molecule has 1 N–H and O–H groups in total. The molecule has 0 radical (unpaired) electrons. The highest BCUT2D eigenvalue weighted by Crippen LogP contribution is 2.18. The normalized spacial score (nSPS) is 14.5. The van der Waals surface area contributed by atoms with E-state index in [0.717, 1.165) is 83.8 Å². The van der Waals surface area contributed by atoms with E-state index >= 15 is 0 Å². The Bertz CT molecular complexity index is 1050. The minimum atomic E-state index is -0.534. The zero-order valence-corrected chi connectivity index (χ0v) is 38.5. The molecule has 0 bridgehead atoms. The van der Waals surface area contributed by atoms with Crippen LogP contribution in [0.5, 0.6) is 0 Å². The molecule has 2 unspecified atom stereocenters. The summed E-state index contributed by atoms with van der Waals surface area (Å²) in [4.78, 5) is 65.0. The molecule has 60 heavy (non-hydrogen) atoms. The van der Waals surface area contributed by atoms with Crippen LogP contribution in [0.2, 0.25) is 0 Å². The van der Waals surface area contributed by atoms with Crippen LogP contribution in [-0.2, 0) is 47.7 Å². The van der Waals surface area contributed by atoms with Crippen molar-refractivity contribution in [1.82, 2.24) is 4.90 Å². The first-order valence-corrected chi connectivity index (χ1v) is 24.3. The minimum Gasteiger partial charge on any atom is -0.465 e. The molecule has 350 valence electrons. The Hall–Kier alpha value is -2.73. The number of nitrogens with zero attached hydrogens (tertiary/aromatic N) is 1. The maximum atomic E-state index is 12.6. The van der Waals surface area contributed by atoms with Gasteiger partial charge in [-0.3, -0.25) is 24.0 Å². The topological polar surface area (TPSA) is 155 Å². The van der Waals surface area contributed by atoms with E-state index in [-0.39, 0.29) is 88.6 Å². The fourth-order valence-electron chi connectivity index (χ4n) is 7.31. The van der Waals surface area contributed by atoms with Gasteiger partial charge in [-0.05, 0) is 83.6 Å². The van der Waals surface area contributed by atoms with Crippen LogP contribution < -0.4 is 0 Å². The van der Waals surface area contributed by atoms with Gasteiger partial charge < -0.3 is 33.7 Å². The van der Waals surface area contributed by atoms with Crippen LogP contribution in [0.3, 0.4) is 0 Å². The maximum absolute atomic E-state index is 12.6. The highest BCUT2D eigenvalue weighted by molar-refractivity contribution is 5.71. The second-order valence-electron chi connectivity index (χ2n) is 17.1. The average Bonchev–Trinajstić information content (AvgIpc) is 3.22. The van der Waals surface area contributed by atoms with Crippen LogP contribution in [0.4, 0.5) is 0 Å². The lowest BCUT2D eigenvalue weighted by molar-refractivity contribution is -0.155. The molecule has 2 atom stereocenters. The van der Waals surface area contributed by atoms with Gasteiger partial charge in [0.15, 0.2) is 0 Å². The number of hydrogen-bond donors (Lipinski definition) is 1. The quantitative estimate of drug-likeness (QED) is 0.0354. The summed E-state index contributed by atoms with van der Waals surface area (Å²) in [5, 5.41) is 9.18. The van der Waals surface area contributed by atoms with Crippen molar-refractivity contribution in [2.75, 3.05) is 46.1 Å². The number of carbonyl (C=O) groups excluding carboxylic acids is 5. The third kappa shape index (κ3) is 31.2. The molecule has 1 fully saturated rings. The summed E-state index contributed by atoms with van der Waals surface area (Å²) in [6.07, 6.45) is 23.1. The summed E-state index contributed by atoms with van der Waals surface area (Å²) in [5.74, 6) is -1.84. The van der Waals surface area contributed by atoms with Gasteiger partial charge in [-0.1, -0.05) is 98.3 Å². The van der Waals surface area contributed by atoms with Crippen LogP contribution in [0.15, 0.2) is 0 Å². The van der Waals surface area contributed by atoms with Gasteiger partial charge in [-0.25, -0.2) is 0 Å². The first-order chi connectivity index (χ1) is 29.1. The van der Waals surface area contributed by atoms with Crippen LogP contribution >= 0.6 is 0 Å². The van der Waals surface area contributed by atoms with Crippen molar-refractivity contribution in [3.05, 3.63) is 0 Å². The fraction of sp³-hybridized carbons (Fsp3) is 0.896. The average molecular weight is 854 g/mol. The monoisotopic (exact) mass is 854 g/mol. The van der Waals surface area contributed by atoms with Gasteiger partial charge in [0.2, 0.25) is 0 Å². The zero-order valence-electron chi connectivity index (χ0n) is 38.5. The summed E-state index contributed by atoms with van der Waals surface area (Å²) in [6, 6.07) is 0. The predicted octanol–water partition coefficient (Wildman–Crippen LogP) is 9.98. The zero-order chi connectivity index (χ0) is 44.1. The molecule has 0 spiro atoms. The van der Waals surface area contributed by atoms with Crippen LogP contribution in [0.1, 0.15) is 207 Å². The first-order valence-electron chi connectivity index (χ1n) is 24.3. The predicted molar refractivity (Wildman–Crippen MR) is 235 cm³/mol. The smallest absolute Gasteiger partial charge is 0.306 e. The fourth-order valence-corrected chi connectivity index (χ4v) is 7.31. The van der Waals surface area contributed by atoms with E-state index in [1.807, 2.05) is 13.8 Å². The molecule has 1 rings (SSSR count). The van der Waals surface area contributed by atoms with Crippen LogP contribution in [-0.4, -0.2) is 98.1 Å². The first kappa shape index (κ1) is 55.3. The number of hydrogen-bond acceptors (Lipinski definition) is 12. The van der Waals surface area contributed by atoms with Gasteiger partial charge in [0.25, 0.3) is 0 Å². The van der Waals surface area contributed by atoms with E-state index in [0.29, 0.717) is 38.0 Å². The Morgan fingerprint density at radius 3 is 1.22 bits per heavy atom. The van der Waals surface area contributed by atoms with Crippen molar-refractivity contribution in [1.29, 1.82) is 0 Å². The third-order valence-electron chi connectivity index (χ3n) is 11.4. The van der Waals surface area contributed by atoms with Crippen molar-refractivity contribution in [3.8, 4) is 0 Å². The number of aliphatic hydroxyl groups is 1. The molecule has 1 aliphatic heterocycles. The number of esters is 5. The lowest BCUT2D eigenvalue weighted by Gasteiger charge is -2.38. The van der Waals surface area contributed by atoms with Crippen LogP contribution in [0.25, 0.3) is 0 Å². The van der Waals surface area contributed by atoms with E-state index in [4.69, 9.17) is 23.7 Å². The number of rotatable bonds is 41. The third-order valence-corrected chi connectivity index (χ3v) is 11.4. The molecule has 12 heteroatoms. The largest absolute Gasteiger partial charge is 0.465 e. The van der Waals surface area contributed by atoms with Gasteiger partial charge in [-0.2, -0.15) is 0 Å². The molecular weight excluding hydrogens is 767 g/mol. The Kier molecular flexibility index (Phi) is 35.0. The second kappa shape index (κ2) is 38.0. The summed E-state index contributed by atoms with van der Waals surface area (Å²) in [5.41, 5.74) is 0. The maximum Gasteiger partial charge on any atom is 0.306 e. The van der Waals surface area contributed by atoms with Crippen molar-refractivity contribution in [2.45, 2.75) is 220 Å². The highest BCUT2D eigenvalue weighted by atomic mass is 16.6. The second-order valence-corrected chi connectivity index (χ2v) is 17.1. The molecular formula is C48H87NO11.